The third-order valence-corrected chi connectivity index (χ3v) is 6.14. The van der Waals surface area contributed by atoms with Gasteiger partial charge in [0.2, 0.25) is 5.91 Å². The van der Waals surface area contributed by atoms with Crippen molar-refractivity contribution in [1.29, 1.82) is 0 Å². The Morgan fingerprint density at radius 2 is 1.46 bits per heavy atom. The van der Waals surface area contributed by atoms with Gasteiger partial charge >= 0.3 is 12.1 Å². The molecule has 1 aliphatic rings. The van der Waals surface area contributed by atoms with Crippen LogP contribution in [-0.2, 0) is 20.7 Å². The maximum Gasteiger partial charge on any atom is 0.407 e. The standard InChI is InChI=1S/C28H28N2O5/c1-17(2)26(27(33)29-19-13-11-18(12-14-19)15-25(31)32)30-28(34)35-16-24-22-9-5-3-7-20(22)21-8-4-6-10-23(21)24/h3-14,17,24,26H,15-16H2,1-2H3,(H,29,33)(H,30,34)(H,31,32). The number of rotatable bonds is 8. The number of hydrogen-bond acceptors (Lipinski definition) is 4. The van der Waals surface area contributed by atoms with E-state index in [2.05, 4.69) is 22.8 Å². The van der Waals surface area contributed by atoms with E-state index in [9.17, 15) is 14.4 Å². The summed E-state index contributed by atoms with van der Waals surface area (Å²) in [5.41, 5.74) is 5.67. The van der Waals surface area contributed by atoms with E-state index in [1.807, 2.05) is 50.2 Å². The second kappa shape index (κ2) is 10.4. The first-order valence-corrected chi connectivity index (χ1v) is 11.6. The summed E-state index contributed by atoms with van der Waals surface area (Å²) in [6.07, 6.45) is -0.746. The summed E-state index contributed by atoms with van der Waals surface area (Å²) >= 11 is 0. The molecule has 0 spiro atoms. The maximum atomic E-state index is 12.9. The molecule has 0 saturated heterocycles. The van der Waals surface area contributed by atoms with E-state index in [4.69, 9.17) is 9.84 Å². The van der Waals surface area contributed by atoms with Gasteiger partial charge in [-0.1, -0.05) is 74.5 Å². The van der Waals surface area contributed by atoms with Crippen molar-refractivity contribution in [3.05, 3.63) is 89.5 Å². The molecule has 1 atom stereocenters. The van der Waals surface area contributed by atoms with Crippen LogP contribution in [0.3, 0.4) is 0 Å². The van der Waals surface area contributed by atoms with E-state index in [0.29, 0.717) is 11.3 Å². The first kappa shape index (κ1) is 24.0. The molecule has 3 aromatic carbocycles. The van der Waals surface area contributed by atoms with Gasteiger partial charge in [0, 0.05) is 11.6 Å². The molecule has 0 fully saturated rings. The molecule has 7 heteroatoms. The smallest absolute Gasteiger partial charge is 0.407 e. The highest BCUT2D eigenvalue weighted by Gasteiger charge is 2.30. The van der Waals surface area contributed by atoms with E-state index >= 15 is 0 Å². The number of benzene rings is 3. The molecule has 0 heterocycles. The first-order valence-electron chi connectivity index (χ1n) is 11.6. The number of carbonyl (C=O) groups excluding carboxylic acids is 2. The van der Waals surface area contributed by atoms with Crippen LogP contribution in [0.2, 0.25) is 0 Å². The number of aliphatic carboxylic acids is 1. The molecule has 4 rings (SSSR count). The highest BCUT2D eigenvalue weighted by Crippen LogP contribution is 2.44. The summed E-state index contributed by atoms with van der Waals surface area (Å²) < 4.78 is 5.59. The summed E-state index contributed by atoms with van der Waals surface area (Å²) in [6.45, 7) is 3.84. The lowest BCUT2D eigenvalue weighted by Crippen LogP contribution is -2.47. The summed E-state index contributed by atoms with van der Waals surface area (Å²) in [4.78, 5) is 36.4. The average Bonchev–Trinajstić information content (AvgIpc) is 3.15. The van der Waals surface area contributed by atoms with Crippen molar-refractivity contribution >= 4 is 23.7 Å². The van der Waals surface area contributed by atoms with Crippen LogP contribution in [0, 0.1) is 5.92 Å². The van der Waals surface area contributed by atoms with Crippen LogP contribution >= 0.6 is 0 Å². The lowest BCUT2D eigenvalue weighted by Gasteiger charge is -2.22. The van der Waals surface area contributed by atoms with Gasteiger partial charge in [-0.3, -0.25) is 9.59 Å². The Balaban J connectivity index is 1.38. The third-order valence-electron chi connectivity index (χ3n) is 6.14. The Bertz CT molecular complexity index is 1190. The van der Waals surface area contributed by atoms with Gasteiger partial charge in [-0.25, -0.2) is 4.79 Å². The lowest BCUT2D eigenvalue weighted by molar-refractivity contribution is -0.136. The van der Waals surface area contributed by atoms with E-state index < -0.39 is 18.1 Å². The fourth-order valence-corrected chi connectivity index (χ4v) is 4.40. The van der Waals surface area contributed by atoms with Gasteiger partial charge in [0.25, 0.3) is 0 Å². The Kier molecular flexibility index (Phi) is 7.15. The normalized spacial score (nSPS) is 13.0. The van der Waals surface area contributed by atoms with Crippen LogP contribution in [0.25, 0.3) is 11.1 Å². The zero-order valence-corrected chi connectivity index (χ0v) is 19.7. The van der Waals surface area contributed by atoms with Crippen molar-refractivity contribution in [3.63, 3.8) is 0 Å². The number of ether oxygens (including phenoxy) is 1. The quantitative estimate of drug-likeness (QED) is 0.436. The van der Waals surface area contributed by atoms with Gasteiger partial charge in [0.15, 0.2) is 0 Å². The Morgan fingerprint density at radius 3 is 2.00 bits per heavy atom. The molecular formula is C28H28N2O5. The number of amides is 2. The second-order valence-electron chi connectivity index (χ2n) is 8.95. The number of hydrogen-bond donors (Lipinski definition) is 3. The topological polar surface area (TPSA) is 105 Å². The van der Waals surface area contributed by atoms with Crippen molar-refractivity contribution in [3.8, 4) is 11.1 Å². The number of anilines is 1. The van der Waals surface area contributed by atoms with Crippen molar-refractivity contribution in [1.82, 2.24) is 5.32 Å². The number of carbonyl (C=O) groups is 3. The molecule has 7 nitrogen and oxygen atoms in total. The number of fused-ring (bicyclic) bond motifs is 3. The number of alkyl carbamates (subject to hydrolysis) is 1. The van der Waals surface area contributed by atoms with E-state index in [0.717, 1.165) is 22.3 Å². The molecule has 1 unspecified atom stereocenters. The molecule has 0 aromatic heterocycles. The largest absolute Gasteiger partial charge is 0.481 e. The van der Waals surface area contributed by atoms with Gasteiger partial charge in [0.1, 0.15) is 12.6 Å². The Labute approximate surface area is 204 Å². The van der Waals surface area contributed by atoms with Gasteiger partial charge < -0.3 is 20.5 Å². The van der Waals surface area contributed by atoms with Crippen LogP contribution in [0.15, 0.2) is 72.8 Å². The summed E-state index contributed by atoms with van der Waals surface area (Å²) in [5.74, 6) is -1.54. The van der Waals surface area contributed by atoms with Gasteiger partial charge in [-0.2, -0.15) is 0 Å². The third kappa shape index (κ3) is 5.51. The number of carboxylic acids is 1. The maximum absolute atomic E-state index is 12.9. The SMILES string of the molecule is CC(C)C(NC(=O)OCC1c2ccccc2-c2ccccc21)C(=O)Nc1ccc(CC(=O)O)cc1. The average molecular weight is 473 g/mol. The summed E-state index contributed by atoms with van der Waals surface area (Å²) in [5, 5.41) is 14.4. The van der Waals surface area contributed by atoms with Crippen molar-refractivity contribution in [2.24, 2.45) is 5.92 Å². The molecular weight excluding hydrogens is 444 g/mol. The van der Waals surface area contributed by atoms with Crippen molar-refractivity contribution < 1.29 is 24.2 Å². The van der Waals surface area contributed by atoms with E-state index in [1.165, 1.54) is 0 Å². The van der Waals surface area contributed by atoms with Crippen LogP contribution in [-0.4, -0.2) is 35.7 Å². The van der Waals surface area contributed by atoms with E-state index in [1.54, 1.807) is 24.3 Å². The molecule has 0 saturated carbocycles. The molecule has 2 amide bonds. The van der Waals surface area contributed by atoms with Crippen molar-refractivity contribution in [2.45, 2.75) is 32.2 Å². The van der Waals surface area contributed by atoms with E-state index in [-0.39, 0.29) is 30.8 Å². The first-order chi connectivity index (χ1) is 16.8. The molecule has 180 valence electrons. The molecule has 0 radical (unpaired) electrons. The van der Waals surface area contributed by atoms with Crippen molar-refractivity contribution in [2.75, 3.05) is 11.9 Å². The molecule has 3 aromatic rings. The van der Waals surface area contributed by atoms with Gasteiger partial charge in [-0.05, 0) is 45.9 Å². The zero-order chi connectivity index (χ0) is 24.9. The lowest BCUT2D eigenvalue weighted by atomic mass is 9.98. The second-order valence-corrected chi connectivity index (χ2v) is 8.95. The minimum atomic E-state index is -0.922. The number of carboxylic acid groups (broad SMARTS) is 1. The highest BCUT2D eigenvalue weighted by atomic mass is 16.5. The van der Waals surface area contributed by atoms with Gasteiger partial charge in [-0.15, -0.1) is 0 Å². The number of nitrogens with one attached hydrogen (secondary N) is 2. The minimum Gasteiger partial charge on any atom is -0.481 e. The summed E-state index contributed by atoms with van der Waals surface area (Å²) in [6, 6.07) is 22.0. The molecule has 0 bridgehead atoms. The molecule has 1 aliphatic carbocycles. The van der Waals surface area contributed by atoms with Crippen LogP contribution < -0.4 is 10.6 Å². The Morgan fingerprint density at radius 1 is 0.886 bits per heavy atom. The van der Waals surface area contributed by atoms with Crippen LogP contribution in [0.5, 0.6) is 0 Å². The highest BCUT2D eigenvalue weighted by molar-refractivity contribution is 5.96. The van der Waals surface area contributed by atoms with Gasteiger partial charge in [0.05, 0.1) is 6.42 Å². The zero-order valence-electron chi connectivity index (χ0n) is 19.7. The molecule has 3 N–H and O–H groups in total. The predicted molar refractivity (Wildman–Crippen MR) is 133 cm³/mol. The van der Waals surface area contributed by atoms with Crippen LogP contribution in [0.1, 0.15) is 36.5 Å². The Hall–Kier alpha value is -4.13. The van der Waals surface area contributed by atoms with Crippen LogP contribution in [0.4, 0.5) is 10.5 Å². The molecule has 35 heavy (non-hydrogen) atoms. The monoisotopic (exact) mass is 472 g/mol. The predicted octanol–water partition coefficient (Wildman–Crippen LogP) is 4.82. The molecule has 0 aliphatic heterocycles. The summed E-state index contributed by atoms with van der Waals surface area (Å²) in [7, 11) is 0. The fourth-order valence-electron chi connectivity index (χ4n) is 4.40. The fraction of sp³-hybridized carbons (Fsp3) is 0.250. The minimum absolute atomic E-state index is 0.0659.